The Morgan fingerprint density at radius 2 is 1.02 bits per heavy atom. The van der Waals surface area contributed by atoms with Gasteiger partial charge in [-0.25, -0.2) is 0 Å². The van der Waals surface area contributed by atoms with Crippen LogP contribution in [0.3, 0.4) is 0 Å². The maximum atomic E-state index is 6.47. The predicted octanol–water partition coefficient (Wildman–Crippen LogP) is 11.2. The second-order valence-electron chi connectivity index (χ2n) is 12.4. The molecule has 0 N–H and O–H groups in total. The third kappa shape index (κ3) is 7.83. The van der Waals surface area contributed by atoms with Gasteiger partial charge < -0.3 is 0 Å². The Balaban J connectivity index is 1.68. The van der Waals surface area contributed by atoms with Crippen molar-refractivity contribution in [2.24, 2.45) is 5.41 Å². The molecule has 2 aliphatic rings. The van der Waals surface area contributed by atoms with Gasteiger partial charge >= 0.3 is 265 Å². The molecule has 1 fully saturated rings. The standard InChI is InChI=1S/C35H48Br2GeO2/c1-5-7-9-11-21-39-25-35(26-40-22-12-10-8-6-2)23-31-32(24-35)34(28-15-19-30(37)20-16-28)38(3,4)33(31)27-13-17-29(36)18-14-27/h13-20H,5-12,21-26H2,1-4H3. The van der Waals surface area contributed by atoms with E-state index in [9.17, 15) is 0 Å². The number of hydrogen-bond donors (Lipinski definition) is 0. The molecular formula is C35H48Br2GeO2. The van der Waals surface area contributed by atoms with E-state index in [2.05, 4.69) is 106 Å². The minimum atomic E-state index is -2.58. The zero-order valence-corrected chi connectivity index (χ0v) is 30.4. The first-order chi connectivity index (χ1) is 19.3. The van der Waals surface area contributed by atoms with Crippen LogP contribution in [-0.2, 0) is 9.47 Å². The molecule has 0 atom stereocenters. The fourth-order valence-electron chi connectivity index (χ4n) is 6.77. The first-order valence-corrected chi connectivity index (χ1v) is 23.3. The van der Waals surface area contributed by atoms with E-state index < -0.39 is 13.3 Å². The van der Waals surface area contributed by atoms with Gasteiger partial charge in [-0.3, -0.25) is 0 Å². The van der Waals surface area contributed by atoms with Crippen LogP contribution < -0.4 is 0 Å². The van der Waals surface area contributed by atoms with Crippen molar-refractivity contribution in [1.82, 2.24) is 0 Å². The summed E-state index contributed by atoms with van der Waals surface area (Å²) in [6.45, 7) is 7.83. The van der Waals surface area contributed by atoms with Crippen molar-refractivity contribution in [2.45, 2.75) is 89.6 Å². The van der Waals surface area contributed by atoms with E-state index in [1.807, 2.05) is 0 Å². The molecule has 0 unspecified atom stereocenters. The molecule has 1 heterocycles. The van der Waals surface area contributed by atoms with Crippen LogP contribution in [0, 0.1) is 5.41 Å². The molecular weight excluding hydrogens is 685 g/mol. The van der Waals surface area contributed by atoms with Crippen molar-refractivity contribution in [3.63, 3.8) is 0 Å². The average molecular weight is 733 g/mol. The Hall–Kier alpha value is -0.657. The number of halogens is 2. The number of fused-ring (bicyclic) bond motifs is 1. The summed E-state index contributed by atoms with van der Waals surface area (Å²) in [6, 6.07) is 18.1. The summed E-state index contributed by atoms with van der Waals surface area (Å²) in [6.07, 6.45) is 12.1. The molecule has 218 valence electrons. The summed E-state index contributed by atoms with van der Waals surface area (Å²) in [5.41, 5.74) is 6.04. The van der Waals surface area contributed by atoms with Crippen LogP contribution in [0.1, 0.15) is 89.2 Å². The molecule has 2 aromatic carbocycles. The SMILES string of the molecule is CCCCCCOCC1(COCCCCCC)CC2=[C](c3ccc(Br)cc3)[Ge]([CH3])([CH3])[C](c3ccc(Br)cc3)=C2C1. The normalized spacial score (nSPS) is 17.6. The monoisotopic (exact) mass is 732 g/mol. The van der Waals surface area contributed by atoms with E-state index >= 15 is 0 Å². The summed E-state index contributed by atoms with van der Waals surface area (Å²) < 4.78 is 18.5. The summed E-state index contributed by atoms with van der Waals surface area (Å²) in [5, 5.41) is 0. The van der Waals surface area contributed by atoms with Gasteiger partial charge in [-0.1, -0.05) is 0 Å². The molecule has 0 bridgehead atoms. The van der Waals surface area contributed by atoms with Gasteiger partial charge in [-0.15, -0.1) is 0 Å². The van der Waals surface area contributed by atoms with Gasteiger partial charge in [0.25, 0.3) is 0 Å². The van der Waals surface area contributed by atoms with Crippen LogP contribution in [-0.4, -0.2) is 39.7 Å². The van der Waals surface area contributed by atoms with Crippen molar-refractivity contribution in [1.29, 1.82) is 0 Å². The molecule has 5 heteroatoms. The average Bonchev–Trinajstić information content (AvgIpc) is 3.38. The fourth-order valence-corrected chi connectivity index (χ4v) is 15.7. The quantitative estimate of drug-likeness (QED) is 0.126. The van der Waals surface area contributed by atoms with Gasteiger partial charge in [0.1, 0.15) is 0 Å². The predicted molar refractivity (Wildman–Crippen MR) is 181 cm³/mol. The van der Waals surface area contributed by atoms with E-state index in [4.69, 9.17) is 9.47 Å². The molecule has 0 saturated heterocycles. The summed E-state index contributed by atoms with van der Waals surface area (Å²) in [5.74, 6) is 5.20. The second-order valence-corrected chi connectivity index (χ2v) is 23.2. The molecule has 1 aliphatic heterocycles. The molecule has 1 aliphatic carbocycles. The van der Waals surface area contributed by atoms with Gasteiger partial charge in [-0.05, 0) is 0 Å². The van der Waals surface area contributed by atoms with E-state index in [0.29, 0.717) is 0 Å². The Labute approximate surface area is 263 Å². The Kier molecular flexibility index (Phi) is 12.2. The van der Waals surface area contributed by atoms with Gasteiger partial charge in [-0.2, -0.15) is 0 Å². The molecule has 2 aromatic rings. The molecule has 1 saturated carbocycles. The molecule has 4 rings (SSSR count). The molecule has 2 nitrogen and oxygen atoms in total. The number of benzene rings is 2. The summed E-state index contributed by atoms with van der Waals surface area (Å²) in [7, 11) is 0. The summed E-state index contributed by atoms with van der Waals surface area (Å²) >= 11 is 4.75. The van der Waals surface area contributed by atoms with Crippen molar-refractivity contribution in [3.8, 4) is 0 Å². The first kappa shape index (κ1) is 32.3. The fraction of sp³-hybridized carbons (Fsp3) is 0.543. The molecule has 40 heavy (non-hydrogen) atoms. The third-order valence-electron chi connectivity index (χ3n) is 8.69. The maximum absolute atomic E-state index is 6.47. The van der Waals surface area contributed by atoms with Crippen LogP contribution in [0.4, 0.5) is 0 Å². The van der Waals surface area contributed by atoms with Crippen LogP contribution >= 0.6 is 31.9 Å². The van der Waals surface area contributed by atoms with Crippen molar-refractivity contribution >= 4 is 53.9 Å². The number of ether oxygens (including phenoxy) is 2. The van der Waals surface area contributed by atoms with E-state index in [1.54, 1.807) is 20.0 Å². The number of unbranched alkanes of at least 4 members (excludes halogenated alkanes) is 6. The van der Waals surface area contributed by atoms with Gasteiger partial charge in [0.05, 0.1) is 0 Å². The van der Waals surface area contributed by atoms with Gasteiger partial charge in [0.15, 0.2) is 0 Å². The Bertz CT molecular complexity index is 1070. The Morgan fingerprint density at radius 3 is 1.40 bits per heavy atom. The topological polar surface area (TPSA) is 18.5 Å². The number of rotatable bonds is 16. The van der Waals surface area contributed by atoms with Gasteiger partial charge in [0, 0.05) is 0 Å². The Morgan fingerprint density at radius 1 is 0.625 bits per heavy atom. The van der Waals surface area contributed by atoms with E-state index in [1.165, 1.54) is 49.7 Å². The van der Waals surface area contributed by atoms with Crippen LogP contribution in [0.5, 0.6) is 0 Å². The van der Waals surface area contributed by atoms with Crippen LogP contribution in [0.25, 0.3) is 8.81 Å². The van der Waals surface area contributed by atoms with Crippen LogP contribution in [0.2, 0.25) is 11.5 Å². The van der Waals surface area contributed by atoms with Crippen molar-refractivity contribution < 1.29 is 9.47 Å². The first-order valence-electron chi connectivity index (χ1n) is 15.5. The molecule has 0 radical (unpaired) electrons. The van der Waals surface area contributed by atoms with Crippen molar-refractivity contribution in [3.05, 3.63) is 79.7 Å². The van der Waals surface area contributed by atoms with Gasteiger partial charge in [0.2, 0.25) is 0 Å². The third-order valence-corrected chi connectivity index (χ3v) is 17.5. The molecule has 0 aromatic heterocycles. The molecule has 0 amide bonds. The second kappa shape index (κ2) is 15.2. The number of allylic oxidation sites excluding steroid dienone is 2. The van der Waals surface area contributed by atoms with E-state index in [0.717, 1.165) is 61.1 Å². The minimum absolute atomic E-state index is 0.0140. The van der Waals surface area contributed by atoms with Crippen LogP contribution in [0.15, 0.2) is 68.6 Å². The zero-order valence-electron chi connectivity index (χ0n) is 25.1. The molecule has 0 spiro atoms. The van der Waals surface area contributed by atoms with Crippen molar-refractivity contribution in [2.75, 3.05) is 26.4 Å². The zero-order chi connectivity index (χ0) is 28.6. The summed E-state index contributed by atoms with van der Waals surface area (Å²) in [4.78, 5) is 0. The number of hydrogen-bond acceptors (Lipinski definition) is 2. The van der Waals surface area contributed by atoms with E-state index in [-0.39, 0.29) is 5.41 Å².